The second-order valence-corrected chi connectivity index (χ2v) is 6.37. The predicted molar refractivity (Wildman–Crippen MR) is 105 cm³/mol. The molecule has 1 N–H and O–H groups in total. The third-order valence-electron chi connectivity index (χ3n) is 4.05. The minimum absolute atomic E-state index is 0.166. The Hall–Kier alpha value is -2.18. The molecule has 1 aromatic carbocycles. The Morgan fingerprint density at radius 1 is 1.08 bits per heavy atom. The molecule has 26 heavy (non-hydrogen) atoms. The van der Waals surface area contributed by atoms with Crippen LogP contribution in [0.2, 0.25) is 0 Å². The van der Waals surface area contributed by atoms with Gasteiger partial charge in [0, 0.05) is 25.2 Å². The molecule has 0 bridgehead atoms. The molecule has 0 amide bonds. The SMILES string of the molecule is CCCN(C)CCNCCCCOc1ccc(=O)n(-c2ccccc2)n1. The van der Waals surface area contributed by atoms with Gasteiger partial charge in [0.1, 0.15) is 0 Å². The zero-order valence-electron chi connectivity index (χ0n) is 15.9. The van der Waals surface area contributed by atoms with Crippen molar-refractivity contribution in [3.63, 3.8) is 0 Å². The van der Waals surface area contributed by atoms with Gasteiger partial charge in [-0.05, 0) is 51.5 Å². The lowest BCUT2D eigenvalue weighted by Gasteiger charge is -2.15. The zero-order valence-corrected chi connectivity index (χ0v) is 15.9. The summed E-state index contributed by atoms with van der Waals surface area (Å²) in [6.07, 6.45) is 3.19. The van der Waals surface area contributed by atoms with Gasteiger partial charge in [-0.2, -0.15) is 4.68 Å². The highest BCUT2D eigenvalue weighted by atomic mass is 16.5. The Bertz CT molecular complexity index is 688. The van der Waals surface area contributed by atoms with E-state index in [4.69, 9.17) is 4.74 Å². The van der Waals surface area contributed by atoms with Gasteiger partial charge in [0.15, 0.2) is 0 Å². The van der Waals surface area contributed by atoms with Crippen LogP contribution in [0.3, 0.4) is 0 Å². The summed E-state index contributed by atoms with van der Waals surface area (Å²) >= 11 is 0. The van der Waals surface area contributed by atoms with E-state index in [1.54, 1.807) is 6.07 Å². The number of nitrogens with one attached hydrogen (secondary N) is 1. The van der Waals surface area contributed by atoms with Crippen molar-refractivity contribution in [3.05, 3.63) is 52.8 Å². The van der Waals surface area contributed by atoms with E-state index in [2.05, 4.69) is 29.3 Å². The molecule has 0 saturated carbocycles. The Morgan fingerprint density at radius 3 is 2.65 bits per heavy atom. The summed E-state index contributed by atoms with van der Waals surface area (Å²) in [5.74, 6) is 0.475. The van der Waals surface area contributed by atoms with Crippen LogP contribution in [0, 0.1) is 0 Å². The van der Waals surface area contributed by atoms with Crippen molar-refractivity contribution in [1.82, 2.24) is 20.0 Å². The van der Waals surface area contributed by atoms with E-state index in [0.29, 0.717) is 12.5 Å². The molecule has 0 unspecified atom stereocenters. The Morgan fingerprint density at radius 2 is 1.88 bits per heavy atom. The molecular weight excluding hydrogens is 328 g/mol. The maximum atomic E-state index is 12.0. The average molecular weight is 358 g/mol. The van der Waals surface area contributed by atoms with E-state index in [-0.39, 0.29) is 5.56 Å². The summed E-state index contributed by atoms with van der Waals surface area (Å²) in [4.78, 5) is 14.3. The summed E-state index contributed by atoms with van der Waals surface area (Å²) in [6.45, 7) is 7.02. The van der Waals surface area contributed by atoms with Crippen LogP contribution < -0.4 is 15.6 Å². The lowest BCUT2D eigenvalue weighted by atomic mass is 10.3. The van der Waals surface area contributed by atoms with E-state index in [0.717, 1.165) is 44.7 Å². The van der Waals surface area contributed by atoms with Gasteiger partial charge in [-0.15, -0.1) is 5.10 Å². The summed E-state index contributed by atoms with van der Waals surface area (Å²) < 4.78 is 7.06. The fraction of sp³-hybridized carbons (Fsp3) is 0.500. The number of hydrogen-bond acceptors (Lipinski definition) is 5. The maximum absolute atomic E-state index is 12.0. The zero-order chi connectivity index (χ0) is 18.6. The number of ether oxygens (including phenoxy) is 1. The smallest absolute Gasteiger partial charge is 0.271 e. The van der Waals surface area contributed by atoms with Gasteiger partial charge in [0.05, 0.1) is 12.3 Å². The number of aromatic nitrogens is 2. The second-order valence-electron chi connectivity index (χ2n) is 6.37. The number of hydrogen-bond donors (Lipinski definition) is 1. The minimum atomic E-state index is -0.166. The van der Waals surface area contributed by atoms with Crippen LogP contribution >= 0.6 is 0 Å². The van der Waals surface area contributed by atoms with Crippen molar-refractivity contribution in [2.45, 2.75) is 26.2 Å². The molecule has 1 heterocycles. The van der Waals surface area contributed by atoms with E-state index in [9.17, 15) is 4.79 Å². The third kappa shape index (κ3) is 6.98. The van der Waals surface area contributed by atoms with Gasteiger partial charge in [-0.3, -0.25) is 4.79 Å². The van der Waals surface area contributed by atoms with E-state index in [1.807, 2.05) is 30.3 Å². The molecular formula is C20H30N4O2. The van der Waals surface area contributed by atoms with Crippen LogP contribution in [0.15, 0.2) is 47.3 Å². The first kappa shape index (κ1) is 20.1. The van der Waals surface area contributed by atoms with E-state index >= 15 is 0 Å². The van der Waals surface area contributed by atoms with Crippen LogP contribution in [0.4, 0.5) is 0 Å². The van der Waals surface area contributed by atoms with Crippen LogP contribution in [-0.2, 0) is 0 Å². The largest absolute Gasteiger partial charge is 0.477 e. The summed E-state index contributed by atoms with van der Waals surface area (Å²) in [6, 6.07) is 12.5. The molecule has 0 spiro atoms. The minimum Gasteiger partial charge on any atom is -0.477 e. The molecule has 6 heteroatoms. The van der Waals surface area contributed by atoms with Gasteiger partial charge in [-0.25, -0.2) is 0 Å². The van der Waals surface area contributed by atoms with Crippen LogP contribution in [-0.4, -0.2) is 54.5 Å². The number of nitrogens with zero attached hydrogens (tertiary/aromatic N) is 3. The number of benzene rings is 1. The number of likely N-dealkylation sites (N-methyl/N-ethyl adjacent to an activating group) is 1. The van der Waals surface area contributed by atoms with Crippen molar-refractivity contribution in [2.24, 2.45) is 0 Å². The lowest BCUT2D eigenvalue weighted by molar-refractivity contribution is 0.287. The van der Waals surface area contributed by atoms with Gasteiger partial charge < -0.3 is 15.0 Å². The number of para-hydroxylation sites is 1. The van der Waals surface area contributed by atoms with Crippen LogP contribution in [0.25, 0.3) is 5.69 Å². The normalized spacial score (nSPS) is 11.0. The molecule has 0 radical (unpaired) electrons. The molecule has 0 aliphatic heterocycles. The standard InChI is InChI=1S/C20H30N4O2/c1-3-15-23(2)16-14-21-13-7-8-17-26-19-11-12-20(25)24(22-19)18-9-5-4-6-10-18/h4-6,9-12,21H,3,7-8,13-17H2,1-2H3. The van der Waals surface area contributed by atoms with Gasteiger partial charge in [0.25, 0.3) is 5.56 Å². The van der Waals surface area contributed by atoms with Crippen LogP contribution in [0.1, 0.15) is 26.2 Å². The molecule has 2 aromatic rings. The predicted octanol–water partition coefficient (Wildman–Crippen LogP) is 2.32. The van der Waals surface area contributed by atoms with Crippen LogP contribution in [0.5, 0.6) is 5.88 Å². The molecule has 0 fully saturated rings. The Kier molecular flexibility index (Phi) is 8.86. The van der Waals surface area contributed by atoms with Gasteiger partial charge >= 0.3 is 0 Å². The molecule has 1 aromatic heterocycles. The highest BCUT2D eigenvalue weighted by molar-refractivity contribution is 5.30. The van der Waals surface area contributed by atoms with E-state index in [1.165, 1.54) is 17.2 Å². The lowest BCUT2D eigenvalue weighted by Crippen LogP contribution is -2.30. The second kappa shape index (κ2) is 11.4. The highest BCUT2D eigenvalue weighted by Gasteiger charge is 2.03. The van der Waals surface area contributed by atoms with Crippen molar-refractivity contribution >= 4 is 0 Å². The third-order valence-corrected chi connectivity index (χ3v) is 4.05. The first-order valence-electron chi connectivity index (χ1n) is 9.38. The first-order valence-corrected chi connectivity index (χ1v) is 9.38. The fourth-order valence-corrected chi connectivity index (χ4v) is 2.64. The molecule has 142 valence electrons. The molecule has 6 nitrogen and oxygen atoms in total. The summed E-state index contributed by atoms with van der Waals surface area (Å²) in [5, 5.41) is 7.74. The molecule has 0 aliphatic carbocycles. The Balaban J connectivity index is 1.67. The quantitative estimate of drug-likeness (QED) is 0.590. The highest BCUT2D eigenvalue weighted by Crippen LogP contribution is 2.07. The fourth-order valence-electron chi connectivity index (χ4n) is 2.64. The molecule has 0 saturated heterocycles. The van der Waals surface area contributed by atoms with Crippen molar-refractivity contribution in [1.29, 1.82) is 0 Å². The van der Waals surface area contributed by atoms with Gasteiger partial charge in [-0.1, -0.05) is 25.1 Å². The number of rotatable bonds is 12. The average Bonchev–Trinajstić information content (AvgIpc) is 2.66. The number of unbranched alkanes of at least 4 members (excludes halogenated alkanes) is 1. The monoisotopic (exact) mass is 358 g/mol. The van der Waals surface area contributed by atoms with Crippen molar-refractivity contribution in [2.75, 3.05) is 39.8 Å². The van der Waals surface area contributed by atoms with Crippen molar-refractivity contribution in [3.8, 4) is 11.6 Å². The van der Waals surface area contributed by atoms with Crippen molar-refractivity contribution < 1.29 is 4.74 Å². The molecule has 0 aliphatic rings. The molecule has 0 atom stereocenters. The molecule has 2 rings (SSSR count). The van der Waals surface area contributed by atoms with Gasteiger partial charge in [0.2, 0.25) is 5.88 Å². The maximum Gasteiger partial charge on any atom is 0.271 e. The summed E-state index contributed by atoms with van der Waals surface area (Å²) in [5.41, 5.74) is 0.570. The Labute approximate surface area is 155 Å². The topological polar surface area (TPSA) is 59.4 Å². The van der Waals surface area contributed by atoms with E-state index < -0.39 is 0 Å². The summed E-state index contributed by atoms with van der Waals surface area (Å²) in [7, 11) is 2.15. The first-order chi connectivity index (χ1) is 12.7.